The van der Waals surface area contributed by atoms with Crippen LogP contribution in [0.1, 0.15) is 18.4 Å². The second kappa shape index (κ2) is 10.1. The van der Waals surface area contributed by atoms with Gasteiger partial charge in [-0.15, -0.1) is 11.3 Å². The number of fused-ring (bicyclic) bond motifs is 1. The van der Waals surface area contributed by atoms with E-state index in [0.717, 1.165) is 57.6 Å². The van der Waals surface area contributed by atoms with Gasteiger partial charge in [-0.1, -0.05) is 24.3 Å². The fourth-order valence-electron chi connectivity index (χ4n) is 3.89. The van der Waals surface area contributed by atoms with Gasteiger partial charge in [-0.2, -0.15) is 0 Å². The number of benzene rings is 2. The molecule has 0 fully saturated rings. The summed E-state index contributed by atoms with van der Waals surface area (Å²) in [5, 5.41) is 2.89. The number of hydrogen-bond donors (Lipinski definition) is 0. The van der Waals surface area contributed by atoms with Crippen molar-refractivity contribution in [1.82, 2.24) is 9.97 Å². The van der Waals surface area contributed by atoms with E-state index in [0.29, 0.717) is 13.2 Å². The smallest absolute Gasteiger partial charge is 0.265 e. The molecule has 5 rings (SSSR count). The average Bonchev–Trinajstić information content (AvgIpc) is 3.37. The summed E-state index contributed by atoms with van der Waals surface area (Å²) in [4.78, 5) is 23.6. The first-order chi connectivity index (χ1) is 16.7. The highest BCUT2D eigenvalue weighted by Gasteiger charge is 2.26. The number of amides is 1. The Bertz CT molecular complexity index is 1290. The maximum absolute atomic E-state index is 12.7. The van der Waals surface area contributed by atoms with E-state index in [-0.39, 0.29) is 12.5 Å². The SMILES string of the molecule is Cc1ccccc1OCCCCN1C(=O)COc2ccc(-c3csc(-c4ccccn4)n3)cc21. The van der Waals surface area contributed by atoms with Crippen LogP contribution in [-0.4, -0.2) is 35.6 Å². The Labute approximate surface area is 202 Å². The Morgan fingerprint density at radius 1 is 1.06 bits per heavy atom. The summed E-state index contributed by atoms with van der Waals surface area (Å²) in [7, 11) is 0. The highest BCUT2D eigenvalue weighted by atomic mass is 32.1. The van der Waals surface area contributed by atoms with Gasteiger partial charge in [-0.05, 0) is 61.7 Å². The van der Waals surface area contributed by atoms with Gasteiger partial charge >= 0.3 is 0 Å². The second-order valence-corrected chi connectivity index (χ2v) is 8.95. The lowest BCUT2D eigenvalue weighted by Crippen LogP contribution is -2.39. The third kappa shape index (κ3) is 4.79. The van der Waals surface area contributed by atoms with Crippen LogP contribution in [0.4, 0.5) is 5.69 Å². The molecule has 2 aromatic carbocycles. The molecule has 0 N–H and O–H groups in total. The van der Waals surface area contributed by atoms with E-state index in [1.807, 2.05) is 77.9 Å². The Hall–Kier alpha value is -3.71. The van der Waals surface area contributed by atoms with E-state index in [2.05, 4.69) is 4.98 Å². The van der Waals surface area contributed by atoms with Crippen molar-refractivity contribution in [1.29, 1.82) is 0 Å². The van der Waals surface area contributed by atoms with E-state index in [1.165, 1.54) is 0 Å². The fraction of sp³-hybridized carbons (Fsp3) is 0.222. The Balaban J connectivity index is 1.27. The fourth-order valence-corrected chi connectivity index (χ4v) is 4.70. The molecular formula is C27H25N3O3S. The van der Waals surface area contributed by atoms with Crippen LogP contribution < -0.4 is 14.4 Å². The number of hydrogen-bond acceptors (Lipinski definition) is 6. The van der Waals surface area contributed by atoms with Crippen LogP contribution in [0.25, 0.3) is 22.0 Å². The van der Waals surface area contributed by atoms with Gasteiger partial charge < -0.3 is 14.4 Å². The van der Waals surface area contributed by atoms with Gasteiger partial charge in [0.25, 0.3) is 5.91 Å². The van der Waals surface area contributed by atoms with Crippen LogP contribution >= 0.6 is 11.3 Å². The number of nitrogens with zero attached hydrogens (tertiary/aromatic N) is 3. The molecule has 3 heterocycles. The first-order valence-corrected chi connectivity index (χ1v) is 12.2. The molecule has 34 heavy (non-hydrogen) atoms. The maximum Gasteiger partial charge on any atom is 0.265 e. The Morgan fingerprint density at radius 2 is 1.94 bits per heavy atom. The van der Waals surface area contributed by atoms with Crippen molar-refractivity contribution in [2.75, 3.05) is 24.7 Å². The van der Waals surface area contributed by atoms with Gasteiger partial charge in [0, 0.05) is 23.7 Å². The molecule has 0 bridgehead atoms. The number of para-hydroxylation sites is 1. The quantitative estimate of drug-likeness (QED) is 0.306. The molecule has 0 aliphatic carbocycles. The summed E-state index contributed by atoms with van der Waals surface area (Å²) >= 11 is 1.56. The molecule has 0 saturated carbocycles. The lowest BCUT2D eigenvalue weighted by Gasteiger charge is -2.29. The number of thiazole rings is 1. The molecule has 1 aliphatic rings. The molecule has 1 aliphatic heterocycles. The van der Waals surface area contributed by atoms with Crippen molar-refractivity contribution in [3.63, 3.8) is 0 Å². The Kier molecular flexibility index (Phi) is 6.53. The maximum atomic E-state index is 12.7. The van der Waals surface area contributed by atoms with E-state index < -0.39 is 0 Å². The molecule has 7 heteroatoms. The normalized spacial score (nSPS) is 12.9. The molecule has 6 nitrogen and oxygen atoms in total. The van der Waals surface area contributed by atoms with Crippen LogP contribution in [-0.2, 0) is 4.79 Å². The van der Waals surface area contributed by atoms with E-state index in [1.54, 1.807) is 17.5 Å². The molecule has 0 spiro atoms. The third-order valence-corrected chi connectivity index (χ3v) is 6.58. The number of unbranched alkanes of at least 4 members (excludes halogenated alkanes) is 1. The minimum absolute atomic E-state index is 0.0306. The number of rotatable bonds is 8. The first-order valence-electron chi connectivity index (χ1n) is 11.3. The molecule has 172 valence electrons. The highest BCUT2D eigenvalue weighted by molar-refractivity contribution is 7.13. The zero-order chi connectivity index (χ0) is 23.3. The topological polar surface area (TPSA) is 64.5 Å². The summed E-state index contributed by atoms with van der Waals surface area (Å²) in [5.41, 5.74) is 4.58. The number of anilines is 1. The molecular weight excluding hydrogens is 446 g/mol. The molecule has 0 unspecified atom stereocenters. The number of ether oxygens (including phenoxy) is 2. The van der Waals surface area contributed by atoms with Crippen molar-refractivity contribution in [2.45, 2.75) is 19.8 Å². The number of pyridine rings is 1. The van der Waals surface area contributed by atoms with Crippen molar-refractivity contribution in [3.8, 4) is 33.5 Å². The second-order valence-electron chi connectivity index (χ2n) is 8.09. The summed E-state index contributed by atoms with van der Waals surface area (Å²) in [6, 6.07) is 19.7. The summed E-state index contributed by atoms with van der Waals surface area (Å²) in [5.74, 6) is 1.60. The van der Waals surface area contributed by atoms with E-state index in [4.69, 9.17) is 14.5 Å². The number of carbonyl (C=O) groups excluding carboxylic acids is 1. The van der Waals surface area contributed by atoms with E-state index in [9.17, 15) is 4.79 Å². The number of aromatic nitrogens is 2. The van der Waals surface area contributed by atoms with Gasteiger partial charge in [0.15, 0.2) is 6.61 Å². The van der Waals surface area contributed by atoms with Crippen LogP contribution in [0.2, 0.25) is 0 Å². The lowest BCUT2D eigenvalue weighted by molar-refractivity contribution is -0.121. The molecule has 4 aromatic rings. The minimum atomic E-state index is -0.0306. The largest absolute Gasteiger partial charge is 0.493 e. The van der Waals surface area contributed by atoms with Crippen LogP contribution in [0.15, 0.2) is 72.2 Å². The van der Waals surface area contributed by atoms with Gasteiger partial charge in [-0.3, -0.25) is 9.78 Å². The van der Waals surface area contributed by atoms with Crippen molar-refractivity contribution >= 4 is 22.9 Å². The molecule has 0 radical (unpaired) electrons. The van der Waals surface area contributed by atoms with E-state index >= 15 is 0 Å². The lowest BCUT2D eigenvalue weighted by atomic mass is 10.1. The van der Waals surface area contributed by atoms with Gasteiger partial charge in [0.1, 0.15) is 16.5 Å². The average molecular weight is 472 g/mol. The highest BCUT2D eigenvalue weighted by Crippen LogP contribution is 2.37. The van der Waals surface area contributed by atoms with Crippen LogP contribution in [0.3, 0.4) is 0 Å². The summed E-state index contributed by atoms with van der Waals surface area (Å²) in [6.07, 6.45) is 3.46. The standard InChI is InChI=1S/C27H25N3O3S/c1-19-8-2-3-10-24(19)32-15-7-6-14-30-23-16-20(11-12-25(23)33-17-26(30)31)22-18-34-27(29-22)21-9-4-5-13-28-21/h2-5,8-13,16,18H,6-7,14-15,17H2,1H3. The van der Waals surface area contributed by atoms with Crippen molar-refractivity contribution in [3.05, 3.63) is 77.8 Å². The Morgan fingerprint density at radius 3 is 2.79 bits per heavy atom. The number of aryl methyl sites for hydroxylation is 1. The predicted octanol–water partition coefficient (Wildman–Crippen LogP) is 5.77. The zero-order valence-electron chi connectivity index (χ0n) is 18.9. The monoisotopic (exact) mass is 471 g/mol. The van der Waals surface area contributed by atoms with Crippen LogP contribution in [0.5, 0.6) is 11.5 Å². The molecule has 0 saturated heterocycles. The van der Waals surface area contributed by atoms with Gasteiger partial charge in [0.2, 0.25) is 0 Å². The first kappa shape index (κ1) is 22.1. The van der Waals surface area contributed by atoms with Crippen LogP contribution in [0, 0.1) is 6.92 Å². The van der Waals surface area contributed by atoms with Crippen molar-refractivity contribution < 1.29 is 14.3 Å². The minimum Gasteiger partial charge on any atom is -0.493 e. The van der Waals surface area contributed by atoms with Gasteiger partial charge in [-0.25, -0.2) is 4.98 Å². The summed E-state index contributed by atoms with van der Waals surface area (Å²) < 4.78 is 11.6. The predicted molar refractivity (Wildman–Crippen MR) is 135 cm³/mol. The number of carbonyl (C=O) groups is 1. The molecule has 0 atom stereocenters. The third-order valence-electron chi connectivity index (χ3n) is 5.71. The summed E-state index contributed by atoms with van der Waals surface area (Å²) in [6.45, 7) is 3.34. The van der Waals surface area contributed by atoms with Gasteiger partial charge in [0.05, 0.1) is 23.7 Å². The van der Waals surface area contributed by atoms with Crippen molar-refractivity contribution in [2.24, 2.45) is 0 Å². The zero-order valence-corrected chi connectivity index (χ0v) is 19.8. The molecule has 1 amide bonds. The molecule has 2 aromatic heterocycles.